The van der Waals surface area contributed by atoms with Crippen molar-refractivity contribution in [2.24, 2.45) is 0 Å². The van der Waals surface area contributed by atoms with Crippen molar-refractivity contribution in [3.63, 3.8) is 0 Å². The summed E-state index contributed by atoms with van der Waals surface area (Å²) in [5.74, 6) is -0.177. The third kappa shape index (κ3) is 3.07. The van der Waals surface area contributed by atoms with Crippen molar-refractivity contribution in [1.29, 1.82) is 0 Å². The Hall–Kier alpha value is -0.970. The van der Waals surface area contributed by atoms with E-state index in [1.54, 1.807) is 0 Å². The van der Waals surface area contributed by atoms with Gasteiger partial charge >= 0.3 is 0 Å². The molecule has 0 aliphatic carbocycles. The van der Waals surface area contributed by atoms with Crippen LogP contribution in [0, 0.1) is 5.82 Å². The molecule has 1 aliphatic rings. The van der Waals surface area contributed by atoms with Gasteiger partial charge in [-0.2, -0.15) is 0 Å². The Morgan fingerprint density at radius 3 is 2.39 bits per heavy atom. The van der Waals surface area contributed by atoms with Crippen LogP contribution < -0.4 is 10.6 Å². The molecule has 2 N–H and O–H groups in total. The summed E-state index contributed by atoms with van der Waals surface area (Å²) in [4.78, 5) is 2.47. The number of piperazine rings is 1. The highest BCUT2D eigenvalue weighted by atomic mass is 19.1. The normalized spacial score (nSPS) is 20.6. The van der Waals surface area contributed by atoms with Gasteiger partial charge in [0.25, 0.3) is 0 Å². The molecule has 0 bridgehead atoms. The van der Waals surface area contributed by atoms with Crippen LogP contribution in [0.1, 0.15) is 18.5 Å². The van der Waals surface area contributed by atoms with Gasteiger partial charge in [0, 0.05) is 38.3 Å². The lowest BCUT2D eigenvalue weighted by Crippen LogP contribution is -2.51. The first-order valence-electron chi connectivity index (χ1n) is 6.60. The van der Waals surface area contributed by atoms with Gasteiger partial charge in [0.15, 0.2) is 0 Å². The van der Waals surface area contributed by atoms with E-state index in [0.717, 1.165) is 31.7 Å². The van der Waals surface area contributed by atoms with Crippen LogP contribution in [0.2, 0.25) is 0 Å². The summed E-state index contributed by atoms with van der Waals surface area (Å²) in [6, 6.07) is 7.45. The molecular formula is C14H22FN3. The molecule has 3 nitrogen and oxygen atoms in total. The predicted octanol–water partition coefficient (Wildman–Crippen LogP) is 1.38. The zero-order valence-electron chi connectivity index (χ0n) is 11.1. The second-order valence-electron chi connectivity index (χ2n) is 4.84. The van der Waals surface area contributed by atoms with Crippen LogP contribution >= 0.6 is 0 Å². The Balaban J connectivity index is 2.09. The van der Waals surface area contributed by atoms with Crippen molar-refractivity contribution < 1.29 is 4.39 Å². The van der Waals surface area contributed by atoms with Crippen molar-refractivity contribution in [2.75, 3.05) is 33.2 Å². The maximum Gasteiger partial charge on any atom is 0.123 e. The van der Waals surface area contributed by atoms with Crippen LogP contribution in [0.3, 0.4) is 0 Å². The number of hydrogen-bond donors (Lipinski definition) is 2. The van der Waals surface area contributed by atoms with Gasteiger partial charge in [0.05, 0.1) is 0 Å². The van der Waals surface area contributed by atoms with E-state index >= 15 is 0 Å². The molecule has 0 amide bonds. The first kappa shape index (κ1) is 13.5. The summed E-state index contributed by atoms with van der Waals surface area (Å²) < 4.78 is 13.0. The van der Waals surface area contributed by atoms with E-state index in [1.807, 2.05) is 19.2 Å². The molecule has 18 heavy (non-hydrogen) atoms. The number of halogens is 1. The summed E-state index contributed by atoms with van der Waals surface area (Å²) >= 11 is 0. The van der Waals surface area contributed by atoms with Crippen molar-refractivity contribution >= 4 is 0 Å². The van der Waals surface area contributed by atoms with Crippen molar-refractivity contribution in [1.82, 2.24) is 15.5 Å². The quantitative estimate of drug-likeness (QED) is 0.846. The lowest BCUT2D eigenvalue weighted by Gasteiger charge is -2.37. The molecule has 0 spiro atoms. The van der Waals surface area contributed by atoms with Crippen LogP contribution in [0.5, 0.6) is 0 Å². The van der Waals surface area contributed by atoms with Crippen LogP contribution in [0.25, 0.3) is 0 Å². The van der Waals surface area contributed by atoms with Gasteiger partial charge in [-0.05, 0) is 31.7 Å². The first-order valence-corrected chi connectivity index (χ1v) is 6.60. The van der Waals surface area contributed by atoms with Gasteiger partial charge in [-0.15, -0.1) is 0 Å². The molecule has 2 unspecified atom stereocenters. The molecule has 1 fully saturated rings. The van der Waals surface area contributed by atoms with E-state index < -0.39 is 0 Å². The van der Waals surface area contributed by atoms with Gasteiger partial charge in [-0.3, -0.25) is 4.90 Å². The highest BCUT2D eigenvalue weighted by molar-refractivity contribution is 5.21. The fourth-order valence-corrected chi connectivity index (χ4v) is 2.66. The minimum absolute atomic E-state index is 0.177. The van der Waals surface area contributed by atoms with Crippen LogP contribution in [-0.2, 0) is 0 Å². The van der Waals surface area contributed by atoms with Crippen molar-refractivity contribution in [2.45, 2.75) is 19.0 Å². The third-order valence-electron chi connectivity index (χ3n) is 3.75. The van der Waals surface area contributed by atoms with Gasteiger partial charge in [0.1, 0.15) is 5.82 Å². The number of benzene rings is 1. The Labute approximate surface area is 108 Å². The van der Waals surface area contributed by atoms with Gasteiger partial charge in [-0.1, -0.05) is 12.1 Å². The molecule has 0 saturated carbocycles. The summed E-state index contributed by atoms with van der Waals surface area (Å²) in [5, 5.41) is 6.71. The second kappa shape index (κ2) is 6.27. The average Bonchev–Trinajstić information content (AvgIpc) is 2.42. The van der Waals surface area contributed by atoms with Gasteiger partial charge in [0.2, 0.25) is 0 Å². The monoisotopic (exact) mass is 251 g/mol. The van der Waals surface area contributed by atoms with E-state index in [-0.39, 0.29) is 11.9 Å². The van der Waals surface area contributed by atoms with E-state index in [4.69, 9.17) is 0 Å². The number of rotatable bonds is 4. The van der Waals surface area contributed by atoms with E-state index in [0.29, 0.717) is 6.04 Å². The Morgan fingerprint density at radius 2 is 1.83 bits per heavy atom. The molecule has 4 heteroatoms. The van der Waals surface area contributed by atoms with Gasteiger partial charge in [-0.25, -0.2) is 4.39 Å². The standard InChI is InChI=1S/C14H22FN3/c1-11(18-9-7-17-8-10-18)14(16-2)12-3-5-13(15)6-4-12/h3-6,11,14,16-17H,7-10H2,1-2H3. The van der Waals surface area contributed by atoms with Gasteiger partial charge < -0.3 is 10.6 Å². The van der Waals surface area contributed by atoms with E-state index in [1.165, 1.54) is 12.1 Å². The summed E-state index contributed by atoms with van der Waals surface area (Å²) in [7, 11) is 1.97. The minimum atomic E-state index is -0.177. The Kier molecular flexibility index (Phi) is 4.69. The molecule has 1 aromatic carbocycles. The Morgan fingerprint density at radius 1 is 1.22 bits per heavy atom. The molecule has 1 aromatic rings. The fourth-order valence-electron chi connectivity index (χ4n) is 2.66. The van der Waals surface area contributed by atoms with E-state index in [2.05, 4.69) is 22.5 Å². The summed E-state index contributed by atoms with van der Waals surface area (Å²) in [6.45, 7) is 6.46. The molecule has 1 heterocycles. The Bertz CT molecular complexity index is 360. The third-order valence-corrected chi connectivity index (χ3v) is 3.75. The van der Waals surface area contributed by atoms with E-state index in [9.17, 15) is 4.39 Å². The van der Waals surface area contributed by atoms with Crippen molar-refractivity contribution in [3.05, 3.63) is 35.6 Å². The highest BCUT2D eigenvalue weighted by Gasteiger charge is 2.24. The first-order chi connectivity index (χ1) is 8.72. The van der Waals surface area contributed by atoms with Crippen LogP contribution in [-0.4, -0.2) is 44.2 Å². The summed E-state index contributed by atoms with van der Waals surface area (Å²) in [5.41, 5.74) is 1.14. The zero-order valence-corrected chi connectivity index (χ0v) is 11.1. The molecule has 2 atom stereocenters. The maximum absolute atomic E-state index is 13.0. The number of likely N-dealkylation sites (N-methyl/N-ethyl adjacent to an activating group) is 1. The molecule has 1 aliphatic heterocycles. The van der Waals surface area contributed by atoms with Crippen LogP contribution in [0.4, 0.5) is 4.39 Å². The molecule has 1 saturated heterocycles. The minimum Gasteiger partial charge on any atom is -0.314 e. The SMILES string of the molecule is CNC(c1ccc(F)cc1)C(C)N1CCNCC1. The average molecular weight is 251 g/mol. The maximum atomic E-state index is 13.0. The van der Waals surface area contributed by atoms with Crippen LogP contribution in [0.15, 0.2) is 24.3 Å². The van der Waals surface area contributed by atoms with Crippen molar-refractivity contribution in [3.8, 4) is 0 Å². The largest absolute Gasteiger partial charge is 0.314 e. The molecule has 0 radical (unpaired) electrons. The summed E-state index contributed by atoms with van der Waals surface area (Å²) in [6.07, 6.45) is 0. The second-order valence-corrected chi connectivity index (χ2v) is 4.84. The molecule has 2 rings (SSSR count). The number of nitrogens with zero attached hydrogens (tertiary/aromatic N) is 1. The zero-order chi connectivity index (χ0) is 13.0. The lowest BCUT2D eigenvalue weighted by atomic mass is 9.99. The topological polar surface area (TPSA) is 27.3 Å². The number of nitrogens with one attached hydrogen (secondary N) is 2. The smallest absolute Gasteiger partial charge is 0.123 e. The number of hydrogen-bond acceptors (Lipinski definition) is 3. The predicted molar refractivity (Wildman–Crippen MR) is 72.1 cm³/mol. The molecule has 0 aromatic heterocycles. The fraction of sp³-hybridized carbons (Fsp3) is 0.571. The lowest BCUT2D eigenvalue weighted by molar-refractivity contribution is 0.153. The molecule has 100 valence electrons. The molecular weight excluding hydrogens is 229 g/mol. The highest BCUT2D eigenvalue weighted by Crippen LogP contribution is 2.21.